The second-order valence-electron chi connectivity index (χ2n) is 8.85. The fraction of sp³-hybridized carbons (Fsp3) is 0.462. The highest BCUT2D eigenvalue weighted by Crippen LogP contribution is 2.31. The Kier molecular flexibility index (Phi) is 8.01. The molecule has 33 heavy (non-hydrogen) atoms. The van der Waals surface area contributed by atoms with Crippen molar-refractivity contribution in [2.45, 2.75) is 63.8 Å². The first-order chi connectivity index (χ1) is 16.1. The van der Waals surface area contributed by atoms with Gasteiger partial charge in [-0.3, -0.25) is 0 Å². The van der Waals surface area contributed by atoms with Gasteiger partial charge in [0.2, 0.25) is 0 Å². The van der Waals surface area contributed by atoms with Crippen LogP contribution in [0.5, 0.6) is 0 Å². The lowest BCUT2D eigenvalue weighted by Crippen LogP contribution is -3.10. The van der Waals surface area contributed by atoms with Crippen molar-refractivity contribution in [1.29, 1.82) is 0 Å². The van der Waals surface area contributed by atoms with Crippen LogP contribution in [0.3, 0.4) is 0 Å². The van der Waals surface area contributed by atoms with Gasteiger partial charge in [0.05, 0.1) is 20.0 Å². The molecule has 0 saturated carbocycles. The van der Waals surface area contributed by atoms with Gasteiger partial charge in [-0.05, 0) is 66.2 Å². The van der Waals surface area contributed by atoms with E-state index in [0.717, 1.165) is 62.9 Å². The summed E-state index contributed by atoms with van der Waals surface area (Å²) in [6, 6.07) is -0.0720. The van der Waals surface area contributed by atoms with E-state index in [2.05, 4.69) is 18.2 Å². The van der Waals surface area contributed by atoms with E-state index in [4.69, 9.17) is 14.4 Å². The van der Waals surface area contributed by atoms with E-state index in [1.54, 1.807) is 7.11 Å². The molecule has 0 aliphatic heterocycles. The van der Waals surface area contributed by atoms with Crippen molar-refractivity contribution < 1.29 is 24.9 Å². The van der Waals surface area contributed by atoms with E-state index < -0.39 is 0 Å². The van der Waals surface area contributed by atoms with Crippen LogP contribution >= 0.6 is 0 Å². The minimum atomic E-state index is -0.255. The van der Waals surface area contributed by atoms with Crippen LogP contribution in [0.4, 0.5) is 0 Å². The van der Waals surface area contributed by atoms with E-state index in [-0.39, 0.29) is 16.5 Å². The molecule has 7 heteroatoms. The Balaban J connectivity index is 1.30. The number of quaternary nitrogens is 2. The highest BCUT2D eigenvalue weighted by atomic mass is 16.9. The predicted molar refractivity (Wildman–Crippen MR) is 126 cm³/mol. The lowest BCUT2D eigenvalue weighted by atomic mass is 9.87. The molecule has 0 saturated heterocycles. The normalized spacial score (nSPS) is 25.3. The first-order valence-corrected chi connectivity index (χ1v) is 11.8. The molecule has 0 aromatic heterocycles. The second kappa shape index (κ2) is 11.1. The maximum atomic E-state index is 12.7. The van der Waals surface area contributed by atoms with Crippen LogP contribution in [0.25, 0.3) is 0 Å². The Bertz CT molecular complexity index is 954. The van der Waals surface area contributed by atoms with Crippen LogP contribution < -0.4 is 10.5 Å². The molecular weight excluding hydrogens is 420 g/mol. The molecule has 2 N–H and O–H groups in total. The molecule has 7 nitrogen and oxygen atoms in total. The number of hydrogen-bond donors (Lipinski definition) is 2. The molecule has 178 valence electrons. The third kappa shape index (κ3) is 5.93. The van der Waals surface area contributed by atoms with Gasteiger partial charge < -0.3 is 20.0 Å². The smallest absolute Gasteiger partial charge is 0.167 e. The van der Waals surface area contributed by atoms with Gasteiger partial charge in [-0.2, -0.15) is 10.5 Å². The number of rotatable bonds is 8. The zero-order valence-corrected chi connectivity index (χ0v) is 19.5. The quantitative estimate of drug-likeness (QED) is 0.551. The molecule has 4 rings (SSSR count). The molecule has 0 aromatic carbocycles. The Labute approximate surface area is 195 Å². The molecule has 0 fully saturated rings. The average Bonchev–Trinajstić information content (AvgIpc) is 2.89. The number of hydroxylamine groups is 4. The Morgan fingerprint density at radius 2 is 1.36 bits per heavy atom. The summed E-state index contributed by atoms with van der Waals surface area (Å²) in [5.74, 6) is 1.77. The van der Waals surface area contributed by atoms with E-state index in [0.29, 0.717) is 12.1 Å². The molecule has 0 spiro atoms. The van der Waals surface area contributed by atoms with E-state index in [1.807, 2.05) is 24.3 Å². The highest BCUT2D eigenvalue weighted by molar-refractivity contribution is 5.41. The SMILES string of the molecule is COC1=CC=C(C2=CCC([NH+]([O-])OC3=CC=C(C4=CC=C([NH+]([O-])OC)CC4)CC3)CC2)CC1. The summed E-state index contributed by atoms with van der Waals surface area (Å²) in [5.41, 5.74) is 5.91. The third-order valence-electron chi connectivity index (χ3n) is 6.88. The second-order valence-corrected chi connectivity index (χ2v) is 8.85. The van der Waals surface area contributed by atoms with Crippen molar-refractivity contribution in [3.63, 3.8) is 0 Å². The molecule has 4 aliphatic carbocycles. The predicted octanol–water partition coefficient (Wildman–Crippen LogP) is 3.18. The Morgan fingerprint density at radius 1 is 0.727 bits per heavy atom. The Morgan fingerprint density at radius 3 is 1.88 bits per heavy atom. The van der Waals surface area contributed by atoms with Gasteiger partial charge in [0.15, 0.2) is 5.76 Å². The van der Waals surface area contributed by atoms with Crippen LogP contribution in [-0.4, -0.2) is 20.3 Å². The molecule has 0 bridgehead atoms. The average molecular weight is 455 g/mol. The number of allylic oxidation sites excluding steroid dienone is 13. The fourth-order valence-corrected chi connectivity index (χ4v) is 4.78. The molecular formula is C26H34N2O5. The van der Waals surface area contributed by atoms with Crippen LogP contribution in [0.1, 0.15) is 57.8 Å². The zero-order valence-electron chi connectivity index (χ0n) is 19.5. The molecule has 0 heterocycles. The van der Waals surface area contributed by atoms with Crippen molar-refractivity contribution in [2.75, 3.05) is 14.2 Å². The molecule has 0 amide bonds. The summed E-state index contributed by atoms with van der Waals surface area (Å²) < 4.78 is 5.31. The maximum Gasteiger partial charge on any atom is 0.167 e. The summed E-state index contributed by atoms with van der Waals surface area (Å²) in [7, 11) is 3.12. The Hall–Kier alpha value is -2.42. The van der Waals surface area contributed by atoms with Gasteiger partial charge >= 0.3 is 0 Å². The summed E-state index contributed by atoms with van der Waals surface area (Å²) in [6.45, 7) is 0. The van der Waals surface area contributed by atoms with Crippen molar-refractivity contribution in [1.82, 2.24) is 0 Å². The van der Waals surface area contributed by atoms with Crippen molar-refractivity contribution in [2.24, 2.45) is 0 Å². The minimum absolute atomic E-state index is 0.0720. The van der Waals surface area contributed by atoms with Gasteiger partial charge in [-0.15, -0.1) is 0 Å². The maximum absolute atomic E-state index is 12.7. The highest BCUT2D eigenvalue weighted by Gasteiger charge is 2.25. The molecule has 3 atom stereocenters. The number of nitrogens with one attached hydrogen (secondary N) is 2. The first-order valence-electron chi connectivity index (χ1n) is 11.8. The summed E-state index contributed by atoms with van der Waals surface area (Å²) in [4.78, 5) is 10.5. The lowest BCUT2D eigenvalue weighted by Gasteiger charge is -2.33. The van der Waals surface area contributed by atoms with Gasteiger partial charge in [-0.1, -0.05) is 24.3 Å². The van der Waals surface area contributed by atoms with Crippen molar-refractivity contribution in [3.8, 4) is 0 Å². The zero-order chi connectivity index (χ0) is 23.2. The summed E-state index contributed by atoms with van der Waals surface area (Å²) in [5, 5.41) is 24.0. The number of methoxy groups -OCH3 is 1. The summed E-state index contributed by atoms with van der Waals surface area (Å²) in [6.07, 6.45) is 21.7. The number of ether oxygens (including phenoxy) is 1. The third-order valence-corrected chi connectivity index (χ3v) is 6.88. The van der Waals surface area contributed by atoms with Crippen LogP contribution in [0.15, 0.2) is 82.0 Å². The largest absolute Gasteiger partial charge is 0.595 e. The van der Waals surface area contributed by atoms with E-state index in [9.17, 15) is 10.4 Å². The first kappa shape index (κ1) is 23.7. The molecule has 4 aliphatic rings. The van der Waals surface area contributed by atoms with E-state index >= 15 is 0 Å². The van der Waals surface area contributed by atoms with Crippen LogP contribution in [-0.2, 0) is 14.4 Å². The van der Waals surface area contributed by atoms with Gasteiger partial charge in [0, 0.05) is 32.1 Å². The van der Waals surface area contributed by atoms with Crippen LogP contribution in [0.2, 0.25) is 0 Å². The van der Waals surface area contributed by atoms with E-state index in [1.165, 1.54) is 29.4 Å². The lowest BCUT2D eigenvalue weighted by molar-refractivity contribution is -1.06. The van der Waals surface area contributed by atoms with Gasteiger partial charge in [-0.25, -0.2) is 4.84 Å². The van der Waals surface area contributed by atoms with Crippen molar-refractivity contribution >= 4 is 0 Å². The molecule has 0 radical (unpaired) electrons. The molecule has 0 aromatic rings. The fourth-order valence-electron chi connectivity index (χ4n) is 4.78. The minimum Gasteiger partial charge on any atom is -0.595 e. The summed E-state index contributed by atoms with van der Waals surface area (Å²) >= 11 is 0. The molecule has 3 unspecified atom stereocenters. The van der Waals surface area contributed by atoms with Crippen molar-refractivity contribution in [3.05, 3.63) is 92.5 Å². The topological polar surface area (TPSA) is 82.7 Å². The number of hydrogen-bond acceptors (Lipinski definition) is 5. The monoisotopic (exact) mass is 454 g/mol. The van der Waals surface area contributed by atoms with Crippen LogP contribution in [0, 0.1) is 10.4 Å². The van der Waals surface area contributed by atoms with Gasteiger partial charge in [0.1, 0.15) is 11.7 Å². The van der Waals surface area contributed by atoms with Gasteiger partial charge in [0.25, 0.3) is 0 Å². The standard InChI is InChI=1S/C26H34N2O5/c1-31-25-15-7-21(8-16-25)20-5-13-24(14-6-20)28(30)33-26-17-9-22(10-18-26)19-3-11-23(12-4-19)27(29)32-2/h3,5,7,9,11,15,17,24,27-28H,4,6,8,10,12-14,16,18H2,1-2H3.